The number of thiazole rings is 1. The van der Waals surface area contributed by atoms with E-state index >= 15 is 0 Å². The Morgan fingerprint density at radius 2 is 2.00 bits per heavy atom. The number of methoxy groups -OCH3 is 2. The van der Waals surface area contributed by atoms with Gasteiger partial charge in [0.1, 0.15) is 5.75 Å². The zero-order chi connectivity index (χ0) is 21.3. The summed E-state index contributed by atoms with van der Waals surface area (Å²) in [5.74, 6) is 0.567. The molecule has 0 bridgehead atoms. The van der Waals surface area contributed by atoms with Crippen LogP contribution in [0.25, 0.3) is 6.08 Å². The van der Waals surface area contributed by atoms with Crippen LogP contribution in [0, 0.1) is 5.92 Å². The third-order valence-corrected chi connectivity index (χ3v) is 6.56. The van der Waals surface area contributed by atoms with E-state index in [0.29, 0.717) is 32.3 Å². The average molecular weight is 425 g/mol. The summed E-state index contributed by atoms with van der Waals surface area (Å²) < 4.78 is 12.6. The molecule has 2 heterocycles. The van der Waals surface area contributed by atoms with Crippen molar-refractivity contribution in [3.05, 3.63) is 72.9 Å². The maximum absolute atomic E-state index is 13.4. The van der Waals surface area contributed by atoms with Crippen molar-refractivity contribution in [2.24, 2.45) is 10.9 Å². The highest BCUT2D eigenvalue weighted by atomic mass is 32.1. The van der Waals surface area contributed by atoms with Crippen LogP contribution in [0.4, 0.5) is 0 Å². The first-order valence-corrected chi connectivity index (χ1v) is 10.7. The zero-order valence-electron chi connectivity index (χ0n) is 17.3. The van der Waals surface area contributed by atoms with Crippen molar-refractivity contribution in [1.82, 2.24) is 4.57 Å². The number of allylic oxidation sites excluding steroid dienone is 3. The first kappa shape index (κ1) is 20.3. The lowest BCUT2D eigenvalue weighted by molar-refractivity contribution is -0.136. The van der Waals surface area contributed by atoms with Gasteiger partial charge in [-0.05, 0) is 49.8 Å². The predicted molar refractivity (Wildman–Crippen MR) is 116 cm³/mol. The molecule has 0 radical (unpaired) electrons. The summed E-state index contributed by atoms with van der Waals surface area (Å²) in [7, 11) is 2.94. The van der Waals surface area contributed by atoms with Gasteiger partial charge in [-0.15, -0.1) is 0 Å². The average Bonchev–Trinajstić information content (AvgIpc) is 3.07. The van der Waals surface area contributed by atoms with E-state index in [-0.39, 0.29) is 5.56 Å². The van der Waals surface area contributed by atoms with E-state index in [1.54, 1.807) is 18.6 Å². The minimum atomic E-state index is -0.590. The van der Waals surface area contributed by atoms with Crippen LogP contribution in [0.5, 0.6) is 5.75 Å². The van der Waals surface area contributed by atoms with Gasteiger partial charge in [0.15, 0.2) is 4.80 Å². The fraction of sp³-hybridized carbons (Fsp3) is 0.348. The second-order valence-corrected chi connectivity index (χ2v) is 8.42. The molecule has 0 saturated heterocycles. The molecule has 0 saturated carbocycles. The van der Waals surface area contributed by atoms with E-state index < -0.39 is 12.0 Å². The van der Waals surface area contributed by atoms with E-state index in [0.717, 1.165) is 24.8 Å². The Kier molecular flexibility index (Phi) is 5.72. The molecule has 1 aliphatic carbocycles. The number of ether oxygens (including phenoxy) is 2. The Labute approximate surface area is 178 Å². The topological polar surface area (TPSA) is 69.9 Å². The van der Waals surface area contributed by atoms with Crippen molar-refractivity contribution < 1.29 is 14.3 Å². The van der Waals surface area contributed by atoms with Crippen LogP contribution < -0.4 is 19.6 Å². The van der Waals surface area contributed by atoms with E-state index in [9.17, 15) is 9.59 Å². The number of hydrogen-bond donors (Lipinski definition) is 0. The second kappa shape index (κ2) is 8.44. The summed E-state index contributed by atoms with van der Waals surface area (Å²) in [5.41, 5.74) is 1.63. The van der Waals surface area contributed by atoms with Gasteiger partial charge in [-0.3, -0.25) is 9.36 Å². The largest absolute Gasteiger partial charge is 0.497 e. The summed E-state index contributed by atoms with van der Waals surface area (Å²) >= 11 is 1.38. The lowest BCUT2D eigenvalue weighted by atomic mass is 9.94. The van der Waals surface area contributed by atoms with Crippen LogP contribution in [0.2, 0.25) is 0 Å². The number of carbonyl (C=O) groups is 1. The molecular formula is C23H24N2O4S. The van der Waals surface area contributed by atoms with E-state index in [1.165, 1.54) is 18.4 Å². The van der Waals surface area contributed by atoms with Gasteiger partial charge >= 0.3 is 5.97 Å². The maximum Gasteiger partial charge on any atom is 0.338 e. The summed E-state index contributed by atoms with van der Waals surface area (Å²) in [6.45, 7) is 1.78. The number of benzene rings is 1. The van der Waals surface area contributed by atoms with Crippen LogP contribution >= 0.6 is 11.3 Å². The summed E-state index contributed by atoms with van der Waals surface area (Å²) in [5, 5.41) is 0. The molecular weight excluding hydrogens is 400 g/mol. The van der Waals surface area contributed by atoms with Crippen molar-refractivity contribution in [1.29, 1.82) is 0 Å². The van der Waals surface area contributed by atoms with E-state index in [2.05, 4.69) is 23.2 Å². The number of carbonyl (C=O) groups excluding carboxylic acids is 1. The van der Waals surface area contributed by atoms with E-state index in [1.807, 2.05) is 24.3 Å². The smallest absolute Gasteiger partial charge is 0.338 e. The normalized spacial score (nSPS) is 21.2. The number of esters is 1. The third kappa shape index (κ3) is 3.65. The highest BCUT2D eigenvalue weighted by Crippen LogP contribution is 2.31. The number of aromatic nitrogens is 1. The zero-order valence-corrected chi connectivity index (χ0v) is 18.1. The molecule has 0 fully saturated rings. The molecule has 1 aromatic heterocycles. The van der Waals surface area contributed by atoms with Gasteiger partial charge in [0.25, 0.3) is 5.56 Å². The third-order valence-electron chi connectivity index (χ3n) is 5.56. The number of hydrogen-bond acceptors (Lipinski definition) is 6. The molecule has 2 atom stereocenters. The molecule has 156 valence electrons. The first-order valence-electron chi connectivity index (χ1n) is 9.93. The van der Waals surface area contributed by atoms with Crippen LogP contribution in [0.3, 0.4) is 0 Å². The van der Waals surface area contributed by atoms with Gasteiger partial charge < -0.3 is 9.47 Å². The molecule has 1 aromatic carbocycles. The Bertz CT molecular complexity index is 1200. The van der Waals surface area contributed by atoms with Gasteiger partial charge in [0.2, 0.25) is 0 Å². The fourth-order valence-corrected chi connectivity index (χ4v) is 5.10. The molecule has 0 N–H and O–H groups in total. The number of nitrogens with zero attached hydrogens (tertiary/aromatic N) is 2. The van der Waals surface area contributed by atoms with Crippen LogP contribution in [-0.2, 0) is 9.53 Å². The molecule has 0 amide bonds. The number of fused-ring (bicyclic) bond motifs is 1. The van der Waals surface area contributed by atoms with Crippen molar-refractivity contribution in [3.8, 4) is 5.75 Å². The van der Waals surface area contributed by atoms with Gasteiger partial charge in [-0.1, -0.05) is 41.7 Å². The fourth-order valence-electron chi connectivity index (χ4n) is 3.99. The molecule has 0 spiro atoms. The maximum atomic E-state index is 13.4. The Morgan fingerprint density at radius 1 is 1.23 bits per heavy atom. The van der Waals surface area contributed by atoms with Crippen LogP contribution in [-0.4, -0.2) is 24.8 Å². The molecule has 30 heavy (non-hydrogen) atoms. The van der Waals surface area contributed by atoms with E-state index in [4.69, 9.17) is 9.47 Å². The first-order chi connectivity index (χ1) is 14.5. The monoisotopic (exact) mass is 424 g/mol. The molecule has 4 rings (SSSR count). The van der Waals surface area contributed by atoms with Crippen LogP contribution in [0.15, 0.2) is 57.5 Å². The predicted octanol–water partition coefficient (Wildman–Crippen LogP) is 2.72. The number of rotatable bonds is 4. The molecule has 2 aliphatic rings. The Hall–Kier alpha value is -2.93. The quantitative estimate of drug-likeness (QED) is 0.559. The highest BCUT2D eigenvalue weighted by molar-refractivity contribution is 7.07. The van der Waals surface area contributed by atoms with Gasteiger partial charge in [0.05, 0.1) is 36.1 Å². The van der Waals surface area contributed by atoms with Gasteiger partial charge in [-0.2, -0.15) is 0 Å². The van der Waals surface area contributed by atoms with Crippen LogP contribution in [0.1, 0.15) is 37.8 Å². The summed E-state index contributed by atoms with van der Waals surface area (Å²) in [6.07, 6.45) is 9.42. The minimum Gasteiger partial charge on any atom is -0.497 e. The molecule has 2 aromatic rings. The second-order valence-electron chi connectivity index (χ2n) is 7.41. The Morgan fingerprint density at radius 3 is 2.63 bits per heavy atom. The summed E-state index contributed by atoms with van der Waals surface area (Å²) in [6, 6.07) is 6.80. The summed E-state index contributed by atoms with van der Waals surface area (Å²) in [4.78, 5) is 31.2. The van der Waals surface area contributed by atoms with Crippen molar-refractivity contribution >= 4 is 23.4 Å². The van der Waals surface area contributed by atoms with Gasteiger partial charge in [0, 0.05) is 0 Å². The highest BCUT2D eigenvalue weighted by Gasteiger charge is 2.33. The lowest BCUT2D eigenvalue weighted by Gasteiger charge is -2.24. The molecule has 1 aliphatic heterocycles. The standard InChI is InChI=1S/C23H24N2O4S/c1-14-19(22(27)29-3)20(16-9-11-17(28-2)12-10-16)25-21(26)18(30-23(25)24-14)13-15-7-5-4-6-8-15/h4-5,9-13,15,20H,6-8H2,1-3H3/b18-13-. The molecule has 2 unspecified atom stereocenters. The van der Waals surface area contributed by atoms with Crippen molar-refractivity contribution in [2.75, 3.05) is 14.2 Å². The Balaban J connectivity index is 1.90. The van der Waals surface area contributed by atoms with Gasteiger partial charge in [-0.25, -0.2) is 9.79 Å². The lowest BCUT2D eigenvalue weighted by Crippen LogP contribution is -2.39. The van der Waals surface area contributed by atoms with Crippen molar-refractivity contribution in [3.63, 3.8) is 0 Å². The van der Waals surface area contributed by atoms with Crippen molar-refractivity contribution in [2.45, 2.75) is 32.2 Å². The minimum absolute atomic E-state index is 0.122. The SMILES string of the molecule is COC(=O)C1=C(C)N=c2s/c(=C\C3CC=CCC3)c(=O)n2C1c1ccc(OC)cc1. The molecule has 7 heteroatoms. The molecule has 6 nitrogen and oxygen atoms in total.